The largest absolute Gasteiger partial charge is 0.507 e. The van der Waals surface area contributed by atoms with Crippen LogP contribution in [0.5, 0.6) is 5.75 Å². The van der Waals surface area contributed by atoms with Crippen LogP contribution in [0.15, 0.2) is 12.1 Å². The van der Waals surface area contributed by atoms with Gasteiger partial charge in [0.1, 0.15) is 5.75 Å². The monoisotopic (exact) mass is 418 g/mol. The average molecular weight is 419 g/mol. The van der Waals surface area contributed by atoms with Crippen LogP contribution in [0, 0.1) is 5.92 Å². The molecule has 3 nitrogen and oxygen atoms in total. The third-order valence-corrected chi connectivity index (χ3v) is 5.80. The highest BCUT2D eigenvalue weighted by Crippen LogP contribution is 2.40. The smallest absolute Gasteiger partial charge is 0.313 e. The first-order valence-electron chi connectivity index (χ1n) is 11.8. The molecule has 0 saturated carbocycles. The Morgan fingerprint density at radius 1 is 0.900 bits per heavy atom. The fraction of sp³-hybridized carbons (Fsp3) is 0.741. The van der Waals surface area contributed by atoms with Crippen LogP contribution < -0.4 is 0 Å². The fourth-order valence-electron chi connectivity index (χ4n) is 3.60. The standard InChI is InChI=1S/C27H46O3/c1-19(2)15-13-11-10-12-14-16-30-25(29)20(3)22-17-21(26(4,5)6)18-23(24(22)28)27(7,8)9/h17-20,28H,10-16H2,1-9H3. The molecular weight excluding hydrogens is 372 g/mol. The Morgan fingerprint density at radius 3 is 2.00 bits per heavy atom. The van der Waals surface area contributed by atoms with Crippen molar-refractivity contribution in [3.8, 4) is 5.75 Å². The molecule has 0 aromatic heterocycles. The number of carbonyl (C=O) groups is 1. The minimum Gasteiger partial charge on any atom is -0.507 e. The number of carbonyl (C=O) groups excluding carboxylic acids is 1. The SMILES string of the molecule is CC(C)CCCCCCCOC(=O)C(C)c1cc(C(C)(C)C)cc(C(C)(C)C)c1O. The van der Waals surface area contributed by atoms with E-state index < -0.39 is 5.92 Å². The molecule has 1 atom stereocenters. The molecule has 172 valence electrons. The molecule has 0 aliphatic carbocycles. The third-order valence-electron chi connectivity index (χ3n) is 5.80. The second-order valence-corrected chi connectivity index (χ2v) is 11.3. The van der Waals surface area contributed by atoms with E-state index in [0.717, 1.165) is 29.9 Å². The molecule has 0 radical (unpaired) electrons. The van der Waals surface area contributed by atoms with Crippen LogP contribution in [0.25, 0.3) is 0 Å². The van der Waals surface area contributed by atoms with Crippen LogP contribution in [-0.4, -0.2) is 17.7 Å². The van der Waals surface area contributed by atoms with Crippen molar-refractivity contribution in [1.29, 1.82) is 0 Å². The minimum atomic E-state index is -0.487. The van der Waals surface area contributed by atoms with Crippen molar-refractivity contribution < 1.29 is 14.6 Å². The molecular formula is C27H46O3. The second-order valence-electron chi connectivity index (χ2n) is 11.3. The molecule has 0 aliphatic rings. The van der Waals surface area contributed by atoms with Crippen molar-refractivity contribution in [2.75, 3.05) is 6.61 Å². The predicted octanol–water partition coefficient (Wildman–Crippen LogP) is 7.63. The summed E-state index contributed by atoms with van der Waals surface area (Å²) in [4.78, 5) is 12.7. The first-order chi connectivity index (χ1) is 13.7. The zero-order valence-electron chi connectivity index (χ0n) is 21.0. The van der Waals surface area contributed by atoms with Crippen LogP contribution in [0.3, 0.4) is 0 Å². The molecule has 30 heavy (non-hydrogen) atoms. The number of phenolic OH excluding ortho intramolecular Hbond substituents is 1. The molecule has 1 aromatic rings. The van der Waals surface area contributed by atoms with Crippen LogP contribution in [0.4, 0.5) is 0 Å². The molecule has 1 unspecified atom stereocenters. The molecule has 0 spiro atoms. The van der Waals surface area contributed by atoms with Gasteiger partial charge in [0.2, 0.25) is 0 Å². The number of benzene rings is 1. The summed E-state index contributed by atoms with van der Waals surface area (Å²) in [6.45, 7) is 19.5. The maximum atomic E-state index is 12.7. The highest BCUT2D eigenvalue weighted by atomic mass is 16.5. The van der Waals surface area contributed by atoms with Gasteiger partial charge < -0.3 is 9.84 Å². The number of rotatable bonds is 10. The van der Waals surface area contributed by atoms with Gasteiger partial charge in [0.25, 0.3) is 0 Å². The molecule has 1 N–H and O–H groups in total. The zero-order valence-corrected chi connectivity index (χ0v) is 21.0. The van der Waals surface area contributed by atoms with Crippen LogP contribution in [0.2, 0.25) is 0 Å². The summed E-state index contributed by atoms with van der Waals surface area (Å²) >= 11 is 0. The summed E-state index contributed by atoms with van der Waals surface area (Å²) in [7, 11) is 0. The summed E-state index contributed by atoms with van der Waals surface area (Å²) in [6, 6.07) is 4.06. The Morgan fingerprint density at radius 2 is 1.47 bits per heavy atom. The van der Waals surface area contributed by atoms with Crippen LogP contribution >= 0.6 is 0 Å². The van der Waals surface area contributed by atoms with E-state index in [-0.39, 0.29) is 22.5 Å². The van der Waals surface area contributed by atoms with E-state index in [1.54, 1.807) is 0 Å². The Bertz CT molecular complexity index is 675. The first-order valence-corrected chi connectivity index (χ1v) is 11.8. The minimum absolute atomic E-state index is 0.0678. The number of aromatic hydroxyl groups is 1. The van der Waals surface area contributed by atoms with Gasteiger partial charge in [-0.05, 0) is 41.2 Å². The fourth-order valence-corrected chi connectivity index (χ4v) is 3.60. The summed E-state index contributed by atoms with van der Waals surface area (Å²) in [6.07, 6.45) is 7.03. The number of hydrogen-bond acceptors (Lipinski definition) is 3. The third kappa shape index (κ3) is 8.32. The lowest BCUT2D eigenvalue weighted by atomic mass is 9.77. The van der Waals surface area contributed by atoms with E-state index in [1.807, 2.05) is 13.0 Å². The van der Waals surface area contributed by atoms with E-state index >= 15 is 0 Å². The van der Waals surface area contributed by atoms with Crippen molar-refractivity contribution in [1.82, 2.24) is 0 Å². The normalized spacial score (nSPS) is 13.5. The van der Waals surface area contributed by atoms with Gasteiger partial charge in [-0.2, -0.15) is 0 Å². The number of phenols is 1. The van der Waals surface area contributed by atoms with Gasteiger partial charge in [0.05, 0.1) is 12.5 Å². The quantitative estimate of drug-likeness (QED) is 0.314. The number of esters is 1. The lowest BCUT2D eigenvalue weighted by Gasteiger charge is -2.28. The molecule has 3 heteroatoms. The number of ether oxygens (including phenoxy) is 1. The van der Waals surface area contributed by atoms with E-state index in [1.165, 1.54) is 25.7 Å². The van der Waals surface area contributed by atoms with E-state index in [4.69, 9.17) is 4.74 Å². The van der Waals surface area contributed by atoms with E-state index in [0.29, 0.717) is 12.2 Å². The van der Waals surface area contributed by atoms with Crippen molar-refractivity contribution in [2.45, 2.75) is 118 Å². The van der Waals surface area contributed by atoms with E-state index in [2.05, 4.69) is 61.5 Å². The van der Waals surface area contributed by atoms with Gasteiger partial charge in [-0.25, -0.2) is 0 Å². The van der Waals surface area contributed by atoms with Gasteiger partial charge >= 0.3 is 5.97 Å². The van der Waals surface area contributed by atoms with Crippen molar-refractivity contribution >= 4 is 5.97 Å². The maximum Gasteiger partial charge on any atom is 0.313 e. The highest BCUT2D eigenvalue weighted by molar-refractivity contribution is 5.79. The summed E-state index contributed by atoms with van der Waals surface area (Å²) < 4.78 is 5.56. The lowest BCUT2D eigenvalue weighted by molar-refractivity contribution is -0.145. The van der Waals surface area contributed by atoms with Gasteiger partial charge in [0, 0.05) is 5.56 Å². The number of hydrogen-bond donors (Lipinski definition) is 1. The predicted molar refractivity (Wildman–Crippen MR) is 127 cm³/mol. The van der Waals surface area contributed by atoms with Crippen molar-refractivity contribution in [3.05, 3.63) is 28.8 Å². The first kappa shape index (κ1) is 26.5. The van der Waals surface area contributed by atoms with Crippen molar-refractivity contribution in [2.24, 2.45) is 5.92 Å². The molecule has 0 saturated heterocycles. The molecule has 1 rings (SSSR count). The average Bonchev–Trinajstić information content (AvgIpc) is 2.61. The molecule has 0 heterocycles. The summed E-state index contributed by atoms with van der Waals surface area (Å²) in [5.74, 6) is 0.264. The Hall–Kier alpha value is -1.51. The molecule has 1 aromatic carbocycles. The molecule has 0 amide bonds. The molecule has 0 fully saturated rings. The molecule has 0 aliphatic heterocycles. The zero-order chi connectivity index (χ0) is 23.1. The van der Waals surface area contributed by atoms with Gasteiger partial charge in [-0.1, -0.05) is 99.6 Å². The summed E-state index contributed by atoms with van der Waals surface area (Å²) in [5, 5.41) is 11.0. The van der Waals surface area contributed by atoms with Crippen molar-refractivity contribution in [3.63, 3.8) is 0 Å². The summed E-state index contributed by atoms with van der Waals surface area (Å²) in [5.41, 5.74) is 2.40. The van der Waals surface area contributed by atoms with Gasteiger partial charge in [-0.15, -0.1) is 0 Å². The highest BCUT2D eigenvalue weighted by Gasteiger charge is 2.29. The molecule has 0 bridgehead atoms. The Balaban J connectivity index is 2.75. The van der Waals surface area contributed by atoms with E-state index in [9.17, 15) is 9.90 Å². The topological polar surface area (TPSA) is 46.5 Å². The Kier molecular flexibility index (Phi) is 9.91. The van der Waals surface area contributed by atoms with Gasteiger partial charge in [-0.3, -0.25) is 4.79 Å². The Labute approximate surface area is 185 Å². The number of unbranched alkanes of at least 4 members (excludes halogenated alkanes) is 4. The second kappa shape index (κ2) is 11.2. The maximum absolute atomic E-state index is 12.7. The lowest BCUT2D eigenvalue weighted by Crippen LogP contribution is -2.20. The van der Waals surface area contributed by atoms with Crippen LogP contribution in [0.1, 0.15) is 123 Å². The van der Waals surface area contributed by atoms with Crippen LogP contribution in [-0.2, 0) is 20.4 Å². The van der Waals surface area contributed by atoms with Gasteiger partial charge in [0.15, 0.2) is 0 Å².